The predicted molar refractivity (Wildman–Crippen MR) is 69.3 cm³/mol. The summed E-state index contributed by atoms with van der Waals surface area (Å²) in [6.07, 6.45) is 0.766. The molecule has 3 aromatic rings. The van der Waals surface area contributed by atoms with Gasteiger partial charge in [0.25, 0.3) is 0 Å². The number of aromatic amines is 1. The summed E-state index contributed by atoms with van der Waals surface area (Å²) in [5, 5.41) is 4.78. The summed E-state index contributed by atoms with van der Waals surface area (Å²) in [6.45, 7) is 1.99. The van der Waals surface area contributed by atoms with Crippen molar-refractivity contribution in [2.24, 2.45) is 0 Å². The van der Waals surface area contributed by atoms with Gasteiger partial charge in [-0.3, -0.25) is 0 Å². The van der Waals surface area contributed by atoms with Crippen molar-refractivity contribution in [3.05, 3.63) is 36.0 Å². The first-order valence-electron chi connectivity index (χ1n) is 5.74. The standard InChI is InChI=1S/C12H12N4OS/c1-2-11-15-10(16-17-11)7-18-12-13-8-5-3-4-6-9(8)14-12/h3-6H,2,7H2,1H3,(H,13,14). The molecule has 0 aliphatic heterocycles. The number of thioether (sulfide) groups is 1. The highest BCUT2D eigenvalue weighted by atomic mass is 32.2. The predicted octanol–water partition coefficient (Wildman–Crippen LogP) is 2.80. The van der Waals surface area contributed by atoms with E-state index in [9.17, 15) is 0 Å². The van der Waals surface area contributed by atoms with E-state index in [1.165, 1.54) is 0 Å². The molecule has 92 valence electrons. The molecule has 0 aliphatic rings. The van der Waals surface area contributed by atoms with Crippen molar-refractivity contribution in [1.82, 2.24) is 20.1 Å². The Bertz CT molecular complexity index is 628. The van der Waals surface area contributed by atoms with E-state index in [1.807, 2.05) is 31.2 Å². The van der Waals surface area contributed by atoms with E-state index < -0.39 is 0 Å². The molecule has 5 nitrogen and oxygen atoms in total. The Hall–Kier alpha value is -1.82. The Kier molecular flexibility index (Phi) is 3.02. The van der Waals surface area contributed by atoms with E-state index in [0.29, 0.717) is 17.5 Å². The smallest absolute Gasteiger partial charge is 0.226 e. The van der Waals surface area contributed by atoms with Gasteiger partial charge in [0.1, 0.15) is 0 Å². The van der Waals surface area contributed by atoms with E-state index in [4.69, 9.17) is 4.52 Å². The van der Waals surface area contributed by atoms with Gasteiger partial charge in [-0.2, -0.15) is 4.98 Å². The zero-order chi connectivity index (χ0) is 12.4. The van der Waals surface area contributed by atoms with Crippen molar-refractivity contribution in [1.29, 1.82) is 0 Å². The van der Waals surface area contributed by atoms with Crippen LogP contribution in [0.2, 0.25) is 0 Å². The van der Waals surface area contributed by atoms with Gasteiger partial charge in [-0.1, -0.05) is 36.0 Å². The Morgan fingerprint density at radius 3 is 2.94 bits per heavy atom. The lowest BCUT2D eigenvalue weighted by Crippen LogP contribution is -1.85. The van der Waals surface area contributed by atoms with Crippen molar-refractivity contribution in [3.63, 3.8) is 0 Å². The Labute approximate surface area is 108 Å². The Morgan fingerprint density at radius 1 is 1.28 bits per heavy atom. The van der Waals surface area contributed by atoms with Gasteiger partial charge in [-0.15, -0.1) is 0 Å². The number of para-hydroxylation sites is 2. The van der Waals surface area contributed by atoms with Crippen LogP contribution in [0.5, 0.6) is 0 Å². The molecule has 0 saturated carbocycles. The molecule has 0 radical (unpaired) electrons. The number of aryl methyl sites for hydroxylation is 1. The average molecular weight is 260 g/mol. The molecule has 0 fully saturated rings. The molecule has 1 N–H and O–H groups in total. The molecule has 2 heterocycles. The number of aromatic nitrogens is 4. The number of rotatable bonds is 4. The minimum Gasteiger partial charge on any atom is -0.339 e. The van der Waals surface area contributed by atoms with E-state index in [1.54, 1.807) is 11.8 Å². The van der Waals surface area contributed by atoms with E-state index in [2.05, 4.69) is 20.1 Å². The molecular weight excluding hydrogens is 248 g/mol. The first-order chi connectivity index (χ1) is 8.85. The number of hydrogen-bond donors (Lipinski definition) is 1. The quantitative estimate of drug-likeness (QED) is 0.730. The van der Waals surface area contributed by atoms with Gasteiger partial charge in [-0.05, 0) is 12.1 Å². The molecule has 0 atom stereocenters. The molecule has 1 aromatic carbocycles. The number of benzene rings is 1. The molecule has 18 heavy (non-hydrogen) atoms. The monoisotopic (exact) mass is 260 g/mol. The SMILES string of the molecule is CCc1nc(CSc2nc3ccccc3[nH]2)no1. The van der Waals surface area contributed by atoms with Crippen LogP contribution < -0.4 is 0 Å². The first kappa shape index (κ1) is 11.3. The van der Waals surface area contributed by atoms with Crippen LogP contribution in [0.4, 0.5) is 0 Å². The van der Waals surface area contributed by atoms with Crippen LogP contribution in [0.15, 0.2) is 33.9 Å². The zero-order valence-electron chi connectivity index (χ0n) is 9.88. The third-order valence-electron chi connectivity index (χ3n) is 2.52. The molecule has 0 amide bonds. The molecule has 0 aliphatic carbocycles. The van der Waals surface area contributed by atoms with Crippen molar-refractivity contribution in [2.45, 2.75) is 24.3 Å². The Morgan fingerprint density at radius 2 is 2.17 bits per heavy atom. The van der Waals surface area contributed by atoms with Crippen LogP contribution >= 0.6 is 11.8 Å². The van der Waals surface area contributed by atoms with Crippen LogP contribution in [0.3, 0.4) is 0 Å². The summed E-state index contributed by atoms with van der Waals surface area (Å²) >= 11 is 1.57. The normalized spacial score (nSPS) is 11.2. The lowest BCUT2D eigenvalue weighted by molar-refractivity contribution is 0.378. The van der Waals surface area contributed by atoms with Gasteiger partial charge >= 0.3 is 0 Å². The zero-order valence-corrected chi connectivity index (χ0v) is 10.7. The fourth-order valence-corrected chi connectivity index (χ4v) is 2.35. The van der Waals surface area contributed by atoms with Gasteiger partial charge in [0, 0.05) is 6.42 Å². The second-order valence-electron chi connectivity index (χ2n) is 3.81. The minimum absolute atomic E-state index is 0.656. The number of H-pyrrole nitrogens is 1. The van der Waals surface area contributed by atoms with Gasteiger partial charge in [-0.25, -0.2) is 4.98 Å². The molecule has 0 spiro atoms. The highest BCUT2D eigenvalue weighted by Crippen LogP contribution is 2.21. The van der Waals surface area contributed by atoms with Crippen molar-refractivity contribution < 1.29 is 4.52 Å². The van der Waals surface area contributed by atoms with Gasteiger partial charge in [0.15, 0.2) is 11.0 Å². The highest BCUT2D eigenvalue weighted by molar-refractivity contribution is 7.98. The molecule has 2 aromatic heterocycles. The summed E-state index contributed by atoms with van der Waals surface area (Å²) in [4.78, 5) is 12.0. The van der Waals surface area contributed by atoms with Gasteiger partial charge in [0.05, 0.1) is 16.8 Å². The van der Waals surface area contributed by atoms with Crippen LogP contribution in [-0.4, -0.2) is 20.1 Å². The number of hydrogen-bond acceptors (Lipinski definition) is 5. The minimum atomic E-state index is 0.656. The third-order valence-corrected chi connectivity index (χ3v) is 3.39. The maximum atomic E-state index is 5.06. The summed E-state index contributed by atoms with van der Waals surface area (Å²) in [6, 6.07) is 7.96. The van der Waals surface area contributed by atoms with E-state index in [-0.39, 0.29) is 0 Å². The maximum absolute atomic E-state index is 5.06. The number of nitrogens with zero attached hydrogens (tertiary/aromatic N) is 3. The van der Waals surface area contributed by atoms with E-state index >= 15 is 0 Å². The third kappa shape index (κ3) is 2.24. The fraction of sp³-hybridized carbons (Fsp3) is 0.250. The van der Waals surface area contributed by atoms with Crippen LogP contribution in [0.25, 0.3) is 11.0 Å². The summed E-state index contributed by atoms with van der Waals surface area (Å²) < 4.78 is 5.06. The number of nitrogens with one attached hydrogen (secondary N) is 1. The highest BCUT2D eigenvalue weighted by Gasteiger charge is 2.07. The summed E-state index contributed by atoms with van der Waals surface area (Å²) in [5.41, 5.74) is 2.02. The number of fused-ring (bicyclic) bond motifs is 1. The number of imidazole rings is 1. The molecule has 0 unspecified atom stereocenters. The molecule has 0 saturated heterocycles. The maximum Gasteiger partial charge on any atom is 0.226 e. The van der Waals surface area contributed by atoms with Crippen LogP contribution in [0, 0.1) is 0 Å². The molecule has 6 heteroatoms. The summed E-state index contributed by atoms with van der Waals surface area (Å²) in [5.74, 6) is 2.04. The van der Waals surface area contributed by atoms with Crippen molar-refractivity contribution in [2.75, 3.05) is 0 Å². The lowest BCUT2D eigenvalue weighted by Gasteiger charge is -1.90. The first-order valence-corrected chi connectivity index (χ1v) is 6.72. The van der Waals surface area contributed by atoms with Crippen LogP contribution in [0.1, 0.15) is 18.6 Å². The second-order valence-corrected chi connectivity index (χ2v) is 4.77. The van der Waals surface area contributed by atoms with Crippen molar-refractivity contribution >= 4 is 22.8 Å². The van der Waals surface area contributed by atoms with E-state index in [0.717, 1.165) is 22.6 Å². The van der Waals surface area contributed by atoms with Crippen LogP contribution in [-0.2, 0) is 12.2 Å². The fourth-order valence-electron chi connectivity index (χ4n) is 1.62. The van der Waals surface area contributed by atoms with Crippen molar-refractivity contribution in [3.8, 4) is 0 Å². The average Bonchev–Trinajstić information content (AvgIpc) is 3.02. The molecule has 0 bridgehead atoms. The largest absolute Gasteiger partial charge is 0.339 e. The lowest BCUT2D eigenvalue weighted by atomic mass is 10.3. The topological polar surface area (TPSA) is 67.6 Å². The molecular formula is C12H12N4OS. The molecule has 3 rings (SSSR count). The van der Waals surface area contributed by atoms with Gasteiger partial charge < -0.3 is 9.51 Å². The summed E-state index contributed by atoms with van der Waals surface area (Å²) in [7, 11) is 0. The second kappa shape index (κ2) is 4.81. The Balaban J connectivity index is 1.72. The van der Waals surface area contributed by atoms with Gasteiger partial charge in [0.2, 0.25) is 5.89 Å².